The van der Waals surface area contributed by atoms with Crippen LogP contribution in [0.1, 0.15) is 26.2 Å². The minimum Gasteiger partial charge on any atom is -0.449 e. The number of amides is 3. The molecule has 2 atom stereocenters. The van der Waals surface area contributed by atoms with Crippen LogP contribution in [0.2, 0.25) is 5.02 Å². The quantitative estimate of drug-likeness (QED) is 0.752. The van der Waals surface area contributed by atoms with Gasteiger partial charge in [0, 0.05) is 16.8 Å². The summed E-state index contributed by atoms with van der Waals surface area (Å²) in [5.74, 6) is -0.538. The lowest BCUT2D eigenvalue weighted by Gasteiger charge is -2.23. The molecule has 0 aliphatic carbocycles. The molecule has 1 saturated heterocycles. The van der Waals surface area contributed by atoms with Crippen molar-refractivity contribution in [1.82, 2.24) is 14.7 Å². The minimum atomic E-state index is -1.22. The van der Waals surface area contributed by atoms with Crippen molar-refractivity contribution in [2.75, 3.05) is 18.5 Å². The van der Waals surface area contributed by atoms with Crippen molar-refractivity contribution in [3.63, 3.8) is 0 Å². The van der Waals surface area contributed by atoms with E-state index in [4.69, 9.17) is 22.1 Å². The summed E-state index contributed by atoms with van der Waals surface area (Å²) in [5.41, 5.74) is 4.96. The summed E-state index contributed by atoms with van der Waals surface area (Å²) < 4.78 is 6.79. The molecule has 4 rings (SSSR count). The van der Waals surface area contributed by atoms with Gasteiger partial charge in [-0.3, -0.25) is 14.5 Å². The Labute approximate surface area is 165 Å². The Morgan fingerprint density at radius 2 is 2.25 bits per heavy atom. The van der Waals surface area contributed by atoms with E-state index >= 15 is 0 Å². The maximum atomic E-state index is 12.9. The monoisotopic (exact) mass is 405 g/mol. The largest absolute Gasteiger partial charge is 0.449 e. The van der Waals surface area contributed by atoms with Crippen molar-refractivity contribution in [3.05, 3.63) is 23.2 Å². The second-order valence-corrected chi connectivity index (χ2v) is 7.56. The third kappa shape index (κ3) is 2.69. The molecule has 2 aliphatic heterocycles. The van der Waals surface area contributed by atoms with E-state index in [2.05, 4.69) is 10.4 Å². The van der Waals surface area contributed by atoms with E-state index in [0.717, 1.165) is 6.42 Å². The standard InChI is InChI=1S/C18H20ClN5O4/c1-2-3-6-28-17(27)23-9-18(8-13(23)14(20)25)16(26)21-15-11-7-10(19)4-5-12(11)22-24(15)18/h4-5,7,13H,2-3,6,8-9H2,1H3,(H2,20,25)(H,21,26)/t13-,18+/m0/s1. The predicted molar refractivity (Wildman–Crippen MR) is 102 cm³/mol. The number of hydrogen-bond acceptors (Lipinski definition) is 5. The molecule has 1 fully saturated rings. The van der Waals surface area contributed by atoms with Crippen LogP contribution in [-0.4, -0.2) is 51.8 Å². The molecule has 9 nitrogen and oxygen atoms in total. The van der Waals surface area contributed by atoms with Crippen LogP contribution in [-0.2, 0) is 19.9 Å². The third-order valence-corrected chi connectivity index (χ3v) is 5.55. The molecule has 148 valence electrons. The topological polar surface area (TPSA) is 120 Å². The van der Waals surface area contributed by atoms with Crippen molar-refractivity contribution < 1.29 is 19.1 Å². The molecule has 2 aromatic rings. The van der Waals surface area contributed by atoms with Gasteiger partial charge in [-0.25, -0.2) is 9.48 Å². The van der Waals surface area contributed by atoms with Crippen molar-refractivity contribution >= 4 is 46.2 Å². The summed E-state index contributed by atoms with van der Waals surface area (Å²) in [5, 5.41) is 8.56. The number of hydrogen-bond donors (Lipinski definition) is 2. The van der Waals surface area contributed by atoms with Gasteiger partial charge < -0.3 is 15.8 Å². The molecule has 0 saturated carbocycles. The fourth-order valence-corrected chi connectivity index (χ4v) is 4.02. The van der Waals surface area contributed by atoms with E-state index in [1.54, 1.807) is 22.9 Å². The molecule has 0 unspecified atom stereocenters. The van der Waals surface area contributed by atoms with Crippen molar-refractivity contribution in [3.8, 4) is 0 Å². The Hall–Kier alpha value is -2.81. The zero-order valence-electron chi connectivity index (χ0n) is 15.3. The molecule has 3 heterocycles. The van der Waals surface area contributed by atoms with Crippen LogP contribution in [0.15, 0.2) is 18.2 Å². The number of halogens is 1. The van der Waals surface area contributed by atoms with Crippen LogP contribution in [0.25, 0.3) is 10.9 Å². The number of ether oxygens (including phenoxy) is 1. The van der Waals surface area contributed by atoms with Crippen molar-refractivity contribution in [2.45, 2.75) is 37.8 Å². The fourth-order valence-electron chi connectivity index (χ4n) is 3.84. The van der Waals surface area contributed by atoms with E-state index in [1.807, 2.05) is 6.92 Å². The van der Waals surface area contributed by atoms with E-state index in [1.165, 1.54) is 4.90 Å². The molecule has 3 N–H and O–H groups in total. The van der Waals surface area contributed by atoms with Crippen LogP contribution in [0.4, 0.5) is 10.6 Å². The Kier molecular flexibility index (Phi) is 4.41. The molecule has 0 radical (unpaired) electrons. The van der Waals surface area contributed by atoms with Gasteiger partial charge in [0.25, 0.3) is 5.91 Å². The maximum absolute atomic E-state index is 12.9. The molecule has 1 spiro atoms. The van der Waals surface area contributed by atoms with E-state index in [9.17, 15) is 14.4 Å². The summed E-state index contributed by atoms with van der Waals surface area (Å²) in [6, 6.07) is 4.22. The number of carbonyl (C=O) groups is 3. The SMILES string of the molecule is CCCCOC(=O)N1C[C@]2(C[C@H]1C(N)=O)C(=O)Nc1c3cc(Cl)ccc3nn12. The van der Waals surface area contributed by atoms with Crippen LogP contribution in [0.3, 0.4) is 0 Å². The molecule has 0 bridgehead atoms. The molecule has 1 aromatic heterocycles. The van der Waals surface area contributed by atoms with Gasteiger partial charge in [-0.1, -0.05) is 24.9 Å². The smallest absolute Gasteiger partial charge is 0.410 e. The number of fused-ring (bicyclic) bond motifs is 4. The molecule has 2 aliphatic rings. The maximum Gasteiger partial charge on any atom is 0.410 e. The highest BCUT2D eigenvalue weighted by Crippen LogP contribution is 2.43. The second-order valence-electron chi connectivity index (χ2n) is 7.13. The van der Waals surface area contributed by atoms with Crippen LogP contribution in [0.5, 0.6) is 0 Å². The summed E-state index contributed by atoms with van der Waals surface area (Å²) in [6.07, 6.45) is 0.952. The zero-order chi connectivity index (χ0) is 20.1. The van der Waals surface area contributed by atoms with Gasteiger partial charge in [-0.2, -0.15) is 5.10 Å². The first-order chi connectivity index (χ1) is 13.4. The first-order valence-corrected chi connectivity index (χ1v) is 9.48. The number of aromatic nitrogens is 2. The summed E-state index contributed by atoms with van der Waals surface area (Å²) in [7, 11) is 0. The third-order valence-electron chi connectivity index (χ3n) is 5.32. The number of nitrogens with zero attached hydrogens (tertiary/aromatic N) is 3. The van der Waals surface area contributed by atoms with Crippen molar-refractivity contribution in [1.29, 1.82) is 0 Å². The van der Waals surface area contributed by atoms with E-state index in [-0.39, 0.29) is 25.5 Å². The van der Waals surface area contributed by atoms with Gasteiger partial charge in [-0.05, 0) is 24.6 Å². The molecule has 1 aromatic carbocycles. The number of nitrogens with one attached hydrogen (secondary N) is 1. The number of primary amides is 1. The second kappa shape index (κ2) is 6.66. The highest BCUT2D eigenvalue weighted by atomic mass is 35.5. The predicted octanol–water partition coefficient (Wildman–Crippen LogP) is 1.83. The number of likely N-dealkylation sites (tertiary alicyclic amines) is 1. The average molecular weight is 406 g/mol. The normalized spacial score (nSPS) is 23.3. The van der Waals surface area contributed by atoms with E-state index < -0.39 is 23.6 Å². The van der Waals surface area contributed by atoms with Crippen LogP contribution >= 0.6 is 11.6 Å². The first-order valence-electron chi connectivity index (χ1n) is 9.10. The number of benzene rings is 1. The van der Waals surface area contributed by atoms with Gasteiger partial charge in [0.2, 0.25) is 5.91 Å². The van der Waals surface area contributed by atoms with Crippen LogP contribution < -0.4 is 11.1 Å². The lowest BCUT2D eigenvalue weighted by molar-refractivity contribution is -0.123. The number of nitrogens with two attached hydrogens (primary N) is 1. The number of rotatable bonds is 4. The van der Waals surface area contributed by atoms with Gasteiger partial charge in [-0.15, -0.1) is 0 Å². The number of unbranched alkanes of at least 4 members (excludes halogenated alkanes) is 1. The molecular formula is C18H20ClN5O4. The summed E-state index contributed by atoms with van der Waals surface area (Å²) in [6.45, 7) is 2.17. The van der Waals surface area contributed by atoms with Gasteiger partial charge in [0.15, 0.2) is 5.54 Å². The lowest BCUT2D eigenvalue weighted by atomic mass is 9.96. The fraction of sp³-hybridized carbons (Fsp3) is 0.444. The molecule has 28 heavy (non-hydrogen) atoms. The molecule has 10 heteroatoms. The lowest BCUT2D eigenvalue weighted by Crippen LogP contribution is -2.45. The average Bonchev–Trinajstić information content (AvgIpc) is 3.29. The Bertz CT molecular complexity index is 990. The Morgan fingerprint density at radius 3 is 2.96 bits per heavy atom. The van der Waals surface area contributed by atoms with Gasteiger partial charge in [0.05, 0.1) is 18.7 Å². The summed E-state index contributed by atoms with van der Waals surface area (Å²) >= 11 is 6.07. The minimum absolute atomic E-state index is 0.0335. The first kappa shape index (κ1) is 18.5. The van der Waals surface area contributed by atoms with Crippen molar-refractivity contribution in [2.24, 2.45) is 5.73 Å². The number of carbonyl (C=O) groups excluding carboxylic acids is 3. The molecule has 3 amide bonds. The van der Waals surface area contributed by atoms with Gasteiger partial charge in [0.1, 0.15) is 11.9 Å². The highest BCUT2D eigenvalue weighted by molar-refractivity contribution is 6.31. The van der Waals surface area contributed by atoms with Crippen LogP contribution in [0, 0.1) is 0 Å². The van der Waals surface area contributed by atoms with E-state index in [0.29, 0.717) is 28.2 Å². The molecular weight excluding hydrogens is 386 g/mol. The Balaban J connectivity index is 1.72. The van der Waals surface area contributed by atoms with Gasteiger partial charge >= 0.3 is 6.09 Å². The zero-order valence-corrected chi connectivity index (χ0v) is 16.0. The number of anilines is 1. The highest BCUT2D eigenvalue weighted by Gasteiger charge is 2.59. The summed E-state index contributed by atoms with van der Waals surface area (Å²) in [4.78, 5) is 38.7. The Morgan fingerprint density at radius 1 is 1.46 bits per heavy atom.